The Morgan fingerprint density at radius 2 is 1.43 bits per heavy atom. The fourth-order valence-electron chi connectivity index (χ4n) is 3.16. The van der Waals surface area contributed by atoms with E-state index in [2.05, 4.69) is 0 Å². The number of phenolic OH excluding ortho intramolecular Hbond substituents is 3. The molecule has 0 amide bonds. The maximum atomic E-state index is 12.3. The Hall–Kier alpha value is -3.90. The van der Waals surface area contributed by atoms with E-state index in [-0.39, 0.29) is 11.5 Å². The van der Waals surface area contributed by atoms with Gasteiger partial charge >= 0.3 is 11.9 Å². The van der Waals surface area contributed by atoms with E-state index in [4.69, 9.17) is 14.2 Å². The smallest absolute Gasteiger partial charge is 0.333 e. The lowest BCUT2D eigenvalue weighted by Gasteiger charge is -2.40. The highest BCUT2D eigenvalue weighted by Gasteiger charge is 2.48. The van der Waals surface area contributed by atoms with Crippen LogP contribution in [0.15, 0.2) is 54.6 Å². The summed E-state index contributed by atoms with van der Waals surface area (Å²) in [5.74, 6) is -2.63. The first-order valence-corrected chi connectivity index (χ1v) is 10.4. The Labute approximate surface area is 199 Å². The molecular formula is C24H24O11. The van der Waals surface area contributed by atoms with E-state index in [1.807, 2.05) is 0 Å². The van der Waals surface area contributed by atoms with Gasteiger partial charge in [0.1, 0.15) is 24.1 Å². The normalized spacial score (nSPS) is 24.5. The van der Waals surface area contributed by atoms with Crippen LogP contribution in [0.1, 0.15) is 11.1 Å². The van der Waals surface area contributed by atoms with Crippen molar-refractivity contribution in [1.82, 2.24) is 0 Å². The van der Waals surface area contributed by atoms with Crippen LogP contribution in [0.25, 0.3) is 12.2 Å². The fourth-order valence-corrected chi connectivity index (χ4v) is 3.16. The lowest BCUT2D eigenvalue weighted by Crippen LogP contribution is -2.60. The summed E-state index contributed by atoms with van der Waals surface area (Å²) in [5.41, 5.74) is 0.918. The number of benzene rings is 2. The van der Waals surface area contributed by atoms with Gasteiger partial charge in [0.2, 0.25) is 6.29 Å². The molecule has 5 unspecified atom stereocenters. The van der Waals surface area contributed by atoms with E-state index in [0.717, 1.165) is 12.2 Å². The van der Waals surface area contributed by atoms with Gasteiger partial charge in [-0.05, 0) is 47.5 Å². The van der Waals surface area contributed by atoms with E-state index in [0.29, 0.717) is 11.1 Å². The number of carbonyl (C=O) groups is 2. The van der Waals surface area contributed by atoms with Crippen molar-refractivity contribution >= 4 is 24.1 Å². The Morgan fingerprint density at radius 1 is 0.829 bits per heavy atom. The minimum absolute atomic E-state index is 0.0452. The third-order valence-electron chi connectivity index (χ3n) is 5.03. The monoisotopic (exact) mass is 488 g/mol. The van der Waals surface area contributed by atoms with Crippen LogP contribution >= 0.6 is 0 Å². The Bertz CT molecular complexity index is 1090. The quantitative estimate of drug-likeness (QED) is 0.180. The first-order valence-electron chi connectivity index (χ1n) is 10.4. The van der Waals surface area contributed by atoms with Crippen LogP contribution in [-0.4, -0.2) is 79.9 Å². The number of rotatable bonds is 7. The molecule has 0 radical (unpaired) electrons. The number of phenols is 3. The average Bonchev–Trinajstić information content (AvgIpc) is 2.84. The van der Waals surface area contributed by atoms with Gasteiger partial charge in [0, 0.05) is 12.2 Å². The van der Waals surface area contributed by atoms with Gasteiger partial charge in [-0.2, -0.15) is 0 Å². The van der Waals surface area contributed by atoms with Gasteiger partial charge in [-0.1, -0.05) is 18.2 Å². The first kappa shape index (κ1) is 25.7. The molecule has 1 aliphatic rings. The molecule has 0 aliphatic carbocycles. The average molecular weight is 488 g/mol. The second kappa shape index (κ2) is 11.5. The van der Waals surface area contributed by atoms with Crippen LogP contribution < -0.4 is 0 Å². The van der Waals surface area contributed by atoms with E-state index in [1.54, 1.807) is 12.1 Å². The predicted molar refractivity (Wildman–Crippen MR) is 120 cm³/mol. The molecule has 35 heavy (non-hydrogen) atoms. The summed E-state index contributed by atoms with van der Waals surface area (Å²) in [6.45, 7) is -0.708. The minimum Gasteiger partial charge on any atom is -0.508 e. The molecule has 5 atom stereocenters. The second-order valence-electron chi connectivity index (χ2n) is 7.55. The lowest BCUT2D eigenvalue weighted by molar-refractivity contribution is -0.293. The standard InChI is InChI=1S/C24H24O11/c25-12-18-21(31)22(32)23(34-19(29)10-5-14-3-8-16(27)17(28)11-14)24(33-18)35-20(30)9-4-13-1-6-15(26)7-2-13/h1-11,18,21-28,31-32H,12H2. The molecule has 0 aromatic heterocycles. The Balaban J connectivity index is 1.71. The molecule has 6 N–H and O–H groups in total. The zero-order valence-electron chi connectivity index (χ0n) is 18.2. The molecular weight excluding hydrogens is 464 g/mol. The highest BCUT2D eigenvalue weighted by atomic mass is 16.7. The molecule has 186 valence electrons. The van der Waals surface area contributed by atoms with Crippen molar-refractivity contribution in [3.63, 3.8) is 0 Å². The molecule has 0 spiro atoms. The van der Waals surface area contributed by atoms with Crippen molar-refractivity contribution in [1.29, 1.82) is 0 Å². The Kier molecular flexibility index (Phi) is 8.44. The van der Waals surface area contributed by atoms with Crippen LogP contribution in [-0.2, 0) is 23.8 Å². The summed E-state index contributed by atoms with van der Waals surface area (Å²) < 4.78 is 15.6. The maximum absolute atomic E-state index is 12.3. The number of hydrogen-bond acceptors (Lipinski definition) is 11. The molecule has 11 heteroatoms. The maximum Gasteiger partial charge on any atom is 0.333 e. The summed E-state index contributed by atoms with van der Waals surface area (Å²) in [6, 6.07) is 9.75. The third kappa shape index (κ3) is 6.80. The van der Waals surface area contributed by atoms with Crippen molar-refractivity contribution in [2.45, 2.75) is 30.7 Å². The zero-order valence-corrected chi connectivity index (χ0v) is 18.2. The molecule has 1 saturated heterocycles. The van der Waals surface area contributed by atoms with Gasteiger partial charge in [0.15, 0.2) is 17.6 Å². The first-order chi connectivity index (χ1) is 16.7. The van der Waals surface area contributed by atoms with Gasteiger partial charge < -0.3 is 44.8 Å². The van der Waals surface area contributed by atoms with Crippen molar-refractivity contribution in [2.75, 3.05) is 6.61 Å². The van der Waals surface area contributed by atoms with Crippen LogP contribution in [0.2, 0.25) is 0 Å². The number of aliphatic hydroxyl groups is 3. The van der Waals surface area contributed by atoms with Gasteiger partial charge in [0.05, 0.1) is 6.61 Å². The molecule has 0 bridgehead atoms. The molecule has 3 rings (SSSR count). The van der Waals surface area contributed by atoms with Crippen molar-refractivity contribution in [3.05, 3.63) is 65.7 Å². The largest absolute Gasteiger partial charge is 0.508 e. The van der Waals surface area contributed by atoms with Crippen molar-refractivity contribution < 1.29 is 54.4 Å². The van der Waals surface area contributed by atoms with E-state index in [9.17, 15) is 40.2 Å². The molecule has 0 saturated carbocycles. The molecule has 2 aromatic rings. The minimum atomic E-state index is -1.75. The summed E-state index contributed by atoms with van der Waals surface area (Å²) in [6.07, 6.45) is -3.37. The van der Waals surface area contributed by atoms with Gasteiger partial charge in [-0.25, -0.2) is 9.59 Å². The van der Waals surface area contributed by atoms with Gasteiger partial charge in [-0.3, -0.25) is 0 Å². The van der Waals surface area contributed by atoms with Crippen molar-refractivity contribution in [2.24, 2.45) is 0 Å². The predicted octanol–water partition coefficient (Wildman–Crippen LogP) is 0.424. The van der Waals surface area contributed by atoms with Gasteiger partial charge in [-0.15, -0.1) is 0 Å². The molecule has 2 aromatic carbocycles. The molecule has 11 nitrogen and oxygen atoms in total. The topological polar surface area (TPSA) is 183 Å². The summed E-state index contributed by atoms with van der Waals surface area (Å²) in [5, 5.41) is 58.1. The highest BCUT2D eigenvalue weighted by molar-refractivity contribution is 5.88. The van der Waals surface area contributed by atoms with E-state index >= 15 is 0 Å². The SMILES string of the molecule is O=C(C=Cc1ccc(O)cc1)OC1OC(CO)C(O)C(O)C1OC(=O)C=Cc1ccc(O)c(O)c1. The number of esters is 2. The lowest BCUT2D eigenvalue weighted by atomic mass is 9.99. The van der Waals surface area contributed by atoms with Crippen LogP contribution in [0, 0.1) is 0 Å². The Morgan fingerprint density at radius 3 is 2.06 bits per heavy atom. The highest BCUT2D eigenvalue weighted by Crippen LogP contribution is 2.27. The van der Waals surface area contributed by atoms with E-state index < -0.39 is 55.0 Å². The molecule has 1 aliphatic heterocycles. The molecule has 1 heterocycles. The van der Waals surface area contributed by atoms with Crippen molar-refractivity contribution in [3.8, 4) is 17.2 Å². The number of aromatic hydroxyl groups is 3. The number of carbonyl (C=O) groups excluding carboxylic acids is 2. The van der Waals surface area contributed by atoms with Gasteiger partial charge in [0.25, 0.3) is 0 Å². The second-order valence-corrected chi connectivity index (χ2v) is 7.55. The fraction of sp³-hybridized carbons (Fsp3) is 0.250. The number of aliphatic hydroxyl groups excluding tert-OH is 3. The van der Waals surface area contributed by atoms with E-state index in [1.165, 1.54) is 42.5 Å². The zero-order chi connectivity index (χ0) is 25.5. The van der Waals surface area contributed by atoms with Crippen LogP contribution in [0.4, 0.5) is 0 Å². The molecule has 1 fully saturated rings. The summed E-state index contributed by atoms with van der Waals surface area (Å²) in [4.78, 5) is 24.6. The number of hydrogen-bond donors (Lipinski definition) is 6. The summed E-state index contributed by atoms with van der Waals surface area (Å²) >= 11 is 0. The number of ether oxygens (including phenoxy) is 3. The third-order valence-corrected chi connectivity index (χ3v) is 5.03. The van der Waals surface area contributed by atoms with Crippen LogP contribution in [0.5, 0.6) is 17.2 Å². The van der Waals surface area contributed by atoms with Crippen LogP contribution in [0.3, 0.4) is 0 Å². The summed E-state index contributed by atoms with van der Waals surface area (Å²) in [7, 11) is 0.